The average Bonchev–Trinajstić information content (AvgIpc) is 2.16. The molecule has 0 saturated carbocycles. The van der Waals surface area contributed by atoms with Crippen molar-refractivity contribution in [1.29, 1.82) is 0 Å². The Kier molecular flexibility index (Phi) is 12.9. The quantitative estimate of drug-likeness (QED) is 0.453. The molecule has 0 fully saturated rings. The molecule has 0 unspecified atom stereocenters. The van der Waals surface area contributed by atoms with Crippen LogP contribution in [0.25, 0.3) is 0 Å². The summed E-state index contributed by atoms with van der Waals surface area (Å²) in [7, 11) is 9.63. The molecular formula is C10H14Cl2Pd. The molecule has 0 atom stereocenters. The zero-order valence-electron chi connectivity index (χ0n) is 7.36. The summed E-state index contributed by atoms with van der Waals surface area (Å²) < 4.78 is 0. The van der Waals surface area contributed by atoms with Crippen LogP contribution in [0.5, 0.6) is 0 Å². The molecule has 13 heavy (non-hydrogen) atoms. The zero-order chi connectivity index (χ0) is 9.78. The molecule has 0 radical (unpaired) electrons. The van der Waals surface area contributed by atoms with Gasteiger partial charge in [0.2, 0.25) is 0 Å². The van der Waals surface area contributed by atoms with Crippen molar-refractivity contribution < 1.29 is 15.9 Å². The van der Waals surface area contributed by atoms with E-state index in [-0.39, 0.29) is 15.9 Å². The van der Waals surface area contributed by atoms with Gasteiger partial charge in [0.05, 0.1) is 0 Å². The molecule has 0 aliphatic heterocycles. The predicted octanol–water partition coefficient (Wildman–Crippen LogP) is 4.61. The second-order valence-electron chi connectivity index (χ2n) is 2.53. The van der Waals surface area contributed by atoms with E-state index >= 15 is 0 Å². The van der Waals surface area contributed by atoms with Gasteiger partial charge in [-0.1, -0.05) is 36.5 Å². The van der Waals surface area contributed by atoms with Gasteiger partial charge in [0.25, 0.3) is 0 Å². The van der Waals surface area contributed by atoms with Gasteiger partial charge in [0, 0.05) is 0 Å². The van der Waals surface area contributed by atoms with E-state index in [1.165, 1.54) is 25.7 Å². The summed E-state index contributed by atoms with van der Waals surface area (Å²) in [5.74, 6) is 0. The molecule has 1 rings (SSSR count). The van der Waals surface area contributed by atoms with E-state index in [4.69, 9.17) is 19.1 Å². The fraction of sp³-hybridized carbons (Fsp3) is 0.400. The number of hydrogen-bond donors (Lipinski definition) is 0. The molecule has 0 aromatic heterocycles. The molecule has 0 N–H and O–H groups in total. The van der Waals surface area contributed by atoms with Crippen LogP contribution in [0.3, 0.4) is 0 Å². The van der Waals surface area contributed by atoms with Crippen molar-refractivity contribution in [3.05, 3.63) is 36.5 Å². The van der Waals surface area contributed by atoms with Gasteiger partial charge in [0.1, 0.15) is 0 Å². The Morgan fingerprint density at radius 1 is 0.692 bits per heavy atom. The minimum atomic E-state index is -0.106. The van der Waals surface area contributed by atoms with E-state index in [9.17, 15) is 0 Å². The number of allylic oxidation sites excluding steroid dienone is 6. The van der Waals surface area contributed by atoms with Crippen LogP contribution in [0.15, 0.2) is 36.5 Å². The summed E-state index contributed by atoms with van der Waals surface area (Å²) in [5, 5.41) is 0. The molecule has 3 heteroatoms. The summed E-state index contributed by atoms with van der Waals surface area (Å²) in [4.78, 5) is 0. The topological polar surface area (TPSA) is 0 Å². The minimum absolute atomic E-state index is 0.106. The third kappa shape index (κ3) is 12.5. The van der Waals surface area contributed by atoms with E-state index in [0.717, 1.165) is 0 Å². The summed E-state index contributed by atoms with van der Waals surface area (Å²) in [6, 6.07) is 0. The van der Waals surface area contributed by atoms with Crippen LogP contribution in [-0.4, -0.2) is 0 Å². The van der Waals surface area contributed by atoms with Gasteiger partial charge in [-0.15, -0.1) is 0 Å². The first-order chi connectivity index (χ1) is 6.41. The molecule has 1 aliphatic rings. The van der Waals surface area contributed by atoms with Gasteiger partial charge in [-0.05, 0) is 25.7 Å². The number of rotatable bonds is 0. The van der Waals surface area contributed by atoms with Crippen molar-refractivity contribution >= 4 is 19.1 Å². The maximum absolute atomic E-state index is 4.81. The van der Waals surface area contributed by atoms with Crippen LogP contribution in [0.2, 0.25) is 0 Å². The Morgan fingerprint density at radius 2 is 1.00 bits per heavy atom. The molecule has 0 spiro atoms. The molecule has 0 saturated heterocycles. The molecule has 0 nitrogen and oxygen atoms in total. The Hall–Kier alpha value is 0.462. The average molecular weight is 312 g/mol. The predicted molar refractivity (Wildman–Crippen MR) is 57.6 cm³/mol. The Labute approximate surface area is 96.8 Å². The van der Waals surface area contributed by atoms with E-state index in [2.05, 4.69) is 36.5 Å². The van der Waals surface area contributed by atoms with Gasteiger partial charge in [-0.2, -0.15) is 0 Å². The summed E-state index contributed by atoms with van der Waals surface area (Å²) in [6.07, 6.45) is 18.0. The normalized spacial score (nSPS) is 23.8. The van der Waals surface area contributed by atoms with Crippen LogP contribution in [0.4, 0.5) is 0 Å². The monoisotopic (exact) mass is 310 g/mol. The Morgan fingerprint density at radius 3 is 1.38 bits per heavy atom. The van der Waals surface area contributed by atoms with Crippen LogP contribution in [-0.2, 0) is 15.9 Å². The number of halogens is 2. The van der Waals surface area contributed by atoms with Crippen LogP contribution >= 0.6 is 19.1 Å². The van der Waals surface area contributed by atoms with Gasteiger partial charge in [-0.3, -0.25) is 0 Å². The third-order valence-corrected chi connectivity index (χ3v) is 1.55. The molecular weight excluding hydrogens is 297 g/mol. The third-order valence-electron chi connectivity index (χ3n) is 1.55. The van der Waals surface area contributed by atoms with Crippen molar-refractivity contribution in [3.8, 4) is 0 Å². The van der Waals surface area contributed by atoms with E-state index in [1.54, 1.807) is 0 Å². The molecule has 0 aromatic carbocycles. The molecule has 0 amide bonds. The van der Waals surface area contributed by atoms with E-state index < -0.39 is 0 Å². The van der Waals surface area contributed by atoms with Gasteiger partial charge < -0.3 is 0 Å². The second kappa shape index (κ2) is 12.5. The fourth-order valence-corrected chi connectivity index (χ4v) is 0.970. The first-order valence-corrected chi connectivity index (χ1v) is 8.21. The van der Waals surface area contributed by atoms with Crippen molar-refractivity contribution in [2.24, 2.45) is 0 Å². The Balaban J connectivity index is 0.000000424. The zero-order valence-corrected chi connectivity index (χ0v) is 10.4. The first kappa shape index (κ1) is 13.5. The van der Waals surface area contributed by atoms with Crippen molar-refractivity contribution in [1.82, 2.24) is 0 Å². The molecule has 0 heterocycles. The molecule has 1 aliphatic carbocycles. The van der Waals surface area contributed by atoms with Crippen LogP contribution in [0.1, 0.15) is 25.7 Å². The molecule has 78 valence electrons. The van der Waals surface area contributed by atoms with Crippen molar-refractivity contribution in [2.45, 2.75) is 25.7 Å². The van der Waals surface area contributed by atoms with E-state index in [0.29, 0.717) is 0 Å². The van der Waals surface area contributed by atoms with Crippen molar-refractivity contribution in [2.75, 3.05) is 0 Å². The fourth-order valence-electron chi connectivity index (χ4n) is 0.970. The maximum atomic E-state index is 4.81. The van der Waals surface area contributed by atoms with Gasteiger partial charge >= 0.3 is 35.0 Å². The number of hydrogen-bond acceptors (Lipinski definition) is 0. The SMILES string of the molecule is C1=C\CC/C=C\CC\C=C/1.[Cl][Pd][Cl]. The van der Waals surface area contributed by atoms with Crippen LogP contribution < -0.4 is 0 Å². The van der Waals surface area contributed by atoms with Gasteiger partial charge in [-0.25, -0.2) is 0 Å². The molecule has 0 aromatic rings. The molecule has 0 bridgehead atoms. The first-order valence-electron chi connectivity index (χ1n) is 4.21. The summed E-state index contributed by atoms with van der Waals surface area (Å²) in [5.41, 5.74) is 0. The summed E-state index contributed by atoms with van der Waals surface area (Å²) in [6.45, 7) is 0. The standard InChI is InChI=1S/C10H14.2ClH.Pd/c1-2-4-6-8-10-9-7-5-3-1;;;/h1-4,9-10H,5-8H2;2*1H;/q;;;+2/p-2/b3-1-,4-2-,10-9-;;;. The van der Waals surface area contributed by atoms with Crippen molar-refractivity contribution in [3.63, 3.8) is 0 Å². The van der Waals surface area contributed by atoms with E-state index in [1.807, 2.05) is 0 Å². The summed E-state index contributed by atoms with van der Waals surface area (Å²) >= 11 is -0.106. The van der Waals surface area contributed by atoms with Crippen LogP contribution in [0, 0.1) is 0 Å². The second-order valence-corrected chi connectivity index (χ2v) is 4.89. The van der Waals surface area contributed by atoms with Gasteiger partial charge in [0.15, 0.2) is 0 Å². The Bertz CT molecular complexity index is 156.